The highest BCUT2D eigenvalue weighted by molar-refractivity contribution is 5.93. The van der Waals surface area contributed by atoms with Crippen molar-refractivity contribution in [2.45, 2.75) is 25.7 Å². The van der Waals surface area contributed by atoms with Gasteiger partial charge in [0, 0.05) is 11.6 Å². The van der Waals surface area contributed by atoms with E-state index in [2.05, 4.69) is 5.32 Å². The van der Waals surface area contributed by atoms with Crippen molar-refractivity contribution in [1.29, 1.82) is 0 Å². The number of benzene rings is 1. The van der Waals surface area contributed by atoms with Crippen LogP contribution >= 0.6 is 0 Å². The summed E-state index contributed by atoms with van der Waals surface area (Å²) in [6.45, 7) is -0.107. The Morgan fingerprint density at radius 3 is 2.67 bits per heavy atom. The average molecular weight is 298 g/mol. The molecule has 0 bridgehead atoms. The van der Waals surface area contributed by atoms with Gasteiger partial charge < -0.3 is 15.8 Å². The molecule has 0 unspecified atom stereocenters. The molecule has 1 aromatic carbocycles. The number of anilines is 1. The van der Waals surface area contributed by atoms with Crippen molar-refractivity contribution in [2.75, 3.05) is 18.5 Å². The number of ether oxygens (including phenoxy) is 1. The van der Waals surface area contributed by atoms with Crippen LogP contribution in [0, 0.1) is 11.8 Å². The van der Waals surface area contributed by atoms with Gasteiger partial charge >= 0.3 is 0 Å². The van der Waals surface area contributed by atoms with Crippen LogP contribution in [0.4, 0.5) is 14.5 Å². The minimum atomic E-state index is -2.50. The van der Waals surface area contributed by atoms with Gasteiger partial charge in [-0.2, -0.15) is 0 Å². The zero-order valence-electron chi connectivity index (χ0n) is 11.7. The Balaban J connectivity index is 1.89. The maximum atomic E-state index is 12.2. The molecule has 1 fully saturated rings. The van der Waals surface area contributed by atoms with E-state index in [0.29, 0.717) is 18.0 Å². The highest BCUT2D eigenvalue weighted by atomic mass is 19.3. The van der Waals surface area contributed by atoms with Crippen LogP contribution in [0.25, 0.3) is 0 Å². The third kappa shape index (κ3) is 4.39. The zero-order chi connectivity index (χ0) is 15.2. The summed E-state index contributed by atoms with van der Waals surface area (Å²) in [5.41, 5.74) is 6.31. The van der Waals surface area contributed by atoms with E-state index in [-0.39, 0.29) is 17.7 Å². The topological polar surface area (TPSA) is 64.4 Å². The van der Waals surface area contributed by atoms with Crippen LogP contribution in [0.3, 0.4) is 0 Å². The van der Waals surface area contributed by atoms with Crippen LogP contribution < -0.4 is 15.8 Å². The smallest absolute Gasteiger partial charge is 0.272 e. The van der Waals surface area contributed by atoms with Crippen molar-refractivity contribution >= 4 is 11.6 Å². The number of nitrogens with one attached hydrogen (secondary N) is 1. The van der Waals surface area contributed by atoms with E-state index < -0.39 is 13.0 Å². The van der Waals surface area contributed by atoms with Crippen molar-refractivity contribution in [1.82, 2.24) is 0 Å². The number of nitrogens with two attached hydrogens (primary N) is 1. The van der Waals surface area contributed by atoms with Crippen molar-refractivity contribution in [3.63, 3.8) is 0 Å². The number of alkyl halides is 2. The number of hydrogen-bond acceptors (Lipinski definition) is 3. The second-order valence-corrected chi connectivity index (χ2v) is 5.25. The van der Waals surface area contributed by atoms with E-state index in [4.69, 9.17) is 10.5 Å². The van der Waals surface area contributed by atoms with Gasteiger partial charge in [-0.1, -0.05) is 6.42 Å². The Morgan fingerprint density at radius 1 is 1.33 bits per heavy atom. The van der Waals surface area contributed by atoms with Crippen LogP contribution in [0.1, 0.15) is 19.3 Å². The summed E-state index contributed by atoms with van der Waals surface area (Å²) in [6, 6.07) is 6.41. The third-order valence-corrected chi connectivity index (χ3v) is 3.80. The second-order valence-electron chi connectivity index (χ2n) is 5.25. The minimum Gasteiger partial charge on any atom is -0.488 e. The molecule has 0 radical (unpaired) electrons. The molecule has 1 aliphatic rings. The van der Waals surface area contributed by atoms with Crippen LogP contribution in [-0.4, -0.2) is 25.5 Å². The van der Waals surface area contributed by atoms with Gasteiger partial charge in [-0.25, -0.2) is 8.78 Å². The summed E-state index contributed by atoms with van der Waals surface area (Å²) in [6.07, 6.45) is 0.387. The molecule has 1 aliphatic carbocycles. The first-order chi connectivity index (χ1) is 10.1. The molecule has 2 atom stereocenters. The molecule has 0 spiro atoms. The summed E-state index contributed by atoms with van der Waals surface area (Å²) in [4.78, 5) is 12.2. The normalized spacial score (nSPS) is 21.5. The number of carbonyl (C=O) groups excluding carboxylic acids is 1. The molecule has 0 aromatic heterocycles. The van der Waals surface area contributed by atoms with E-state index in [9.17, 15) is 13.6 Å². The largest absolute Gasteiger partial charge is 0.488 e. The molecular formula is C15H20F2N2O2. The minimum absolute atomic E-state index is 0.0239. The first-order valence-corrected chi connectivity index (χ1v) is 7.12. The van der Waals surface area contributed by atoms with Gasteiger partial charge in [0.05, 0.1) is 0 Å². The van der Waals surface area contributed by atoms with E-state index in [1.165, 1.54) is 0 Å². The molecule has 4 nitrogen and oxygen atoms in total. The summed E-state index contributed by atoms with van der Waals surface area (Å²) < 4.78 is 28.9. The lowest BCUT2D eigenvalue weighted by atomic mass is 9.95. The molecule has 3 N–H and O–H groups in total. The van der Waals surface area contributed by atoms with Gasteiger partial charge in [-0.15, -0.1) is 0 Å². The molecule has 0 heterocycles. The number of rotatable bonds is 6. The van der Waals surface area contributed by atoms with Gasteiger partial charge in [0.25, 0.3) is 6.43 Å². The molecule has 6 heteroatoms. The van der Waals surface area contributed by atoms with Crippen molar-refractivity contribution in [3.05, 3.63) is 24.3 Å². The van der Waals surface area contributed by atoms with Gasteiger partial charge in [-0.05, 0) is 49.6 Å². The lowest BCUT2D eigenvalue weighted by Gasteiger charge is -2.17. The van der Waals surface area contributed by atoms with Crippen molar-refractivity contribution < 1.29 is 18.3 Å². The predicted octanol–water partition coefficient (Wildman–Crippen LogP) is 2.64. The maximum absolute atomic E-state index is 12.2. The van der Waals surface area contributed by atoms with Gasteiger partial charge in [0.1, 0.15) is 12.4 Å². The predicted molar refractivity (Wildman–Crippen MR) is 76.5 cm³/mol. The molecule has 116 valence electrons. The first kappa shape index (κ1) is 15.7. The molecule has 1 saturated carbocycles. The maximum Gasteiger partial charge on any atom is 0.272 e. The van der Waals surface area contributed by atoms with Crippen molar-refractivity contribution in [2.24, 2.45) is 17.6 Å². The standard InChI is InChI=1S/C15H20F2N2O2/c16-14(17)9-21-12-6-4-11(5-7-12)19-15(20)13-3-1-2-10(13)8-18/h4-7,10,13-14H,1-3,8-9,18H2,(H,19,20)/t10-,13-/m1/s1. The molecule has 1 amide bonds. The fraction of sp³-hybridized carbons (Fsp3) is 0.533. The number of carbonyl (C=O) groups is 1. The fourth-order valence-electron chi connectivity index (χ4n) is 2.69. The third-order valence-electron chi connectivity index (χ3n) is 3.80. The Bertz CT molecular complexity index is 465. The lowest BCUT2D eigenvalue weighted by Crippen LogP contribution is -2.29. The highest BCUT2D eigenvalue weighted by Gasteiger charge is 2.31. The van der Waals surface area contributed by atoms with E-state index in [1.54, 1.807) is 24.3 Å². The van der Waals surface area contributed by atoms with Crippen LogP contribution in [0.2, 0.25) is 0 Å². The quantitative estimate of drug-likeness (QED) is 0.848. The lowest BCUT2D eigenvalue weighted by molar-refractivity contribution is -0.120. The number of amides is 1. The van der Waals surface area contributed by atoms with Crippen molar-refractivity contribution in [3.8, 4) is 5.75 Å². The summed E-state index contributed by atoms with van der Waals surface area (Å²) in [7, 11) is 0. The van der Waals surface area contributed by atoms with E-state index in [0.717, 1.165) is 19.3 Å². The molecule has 2 rings (SSSR count). The van der Waals surface area contributed by atoms with E-state index >= 15 is 0 Å². The summed E-state index contributed by atoms with van der Waals surface area (Å²) in [5, 5.41) is 2.84. The van der Waals surface area contributed by atoms with Gasteiger partial charge in [0.15, 0.2) is 0 Å². The van der Waals surface area contributed by atoms with Crippen LogP contribution in [-0.2, 0) is 4.79 Å². The first-order valence-electron chi connectivity index (χ1n) is 7.12. The Hall–Kier alpha value is -1.69. The molecule has 1 aromatic rings. The molecule has 21 heavy (non-hydrogen) atoms. The Labute approximate surface area is 122 Å². The summed E-state index contributed by atoms with van der Waals surface area (Å²) in [5.74, 6) is 0.543. The Kier molecular flexibility index (Phi) is 5.50. The van der Waals surface area contributed by atoms with Crippen LogP contribution in [0.5, 0.6) is 5.75 Å². The number of halogens is 2. The van der Waals surface area contributed by atoms with Gasteiger partial charge in [0.2, 0.25) is 5.91 Å². The summed E-state index contributed by atoms with van der Waals surface area (Å²) >= 11 is 0. The molecular weight excluding hydrogens is 278 g/mol. The average Bonchev–Trinajstić information content (AvgIpc) is 2.95. The number of hydrogen-bond donors (Lipinski definition) is 2. The monoisotopic (exact) mass is 298 g/mol. The highest BCUT2D eigenvalue weighted by Crippen LogP contribution is 2.32. The second kappa shape index (κ2) is 7.36. The molecule has 0 aliphatic heterocycles. The molecule has 0 saturated heterocycles. The fourth-order valence-corrected chi connectivity index (χ4v) is 2.69. The Morgan fingerprint density at radius 2 is 2.05 bits per heavy atom. The van der Waals surface area contributed by atoms with Crippen LogP contribution in [0.15, 0.2) is 24.3 Å². The van der Waals surface area contributed by atoms with E-state index in [1.807, 2.05) is 0 Å². The zero-order valence-corrected chi connectivity index (χ0v) is 11.7. The SMILES string of the molecule is NC[C@H]1CCC[C@H]1C(=O)Nc1ccc(OCC(F)F)cc1. The van der Waals surface area contributed by atoms with Gasteiger partial charge in [-0.3, -0.25) is 4.79 Å².